The molecule has 2 unspecified atom stereocenters. The molecule has 2 aliphatic rings. The van der Waals surface area contributed by atoms with E-state index in [1.165, 1.54) is 17.0 Å². The molecule has 2 heterocycles. The normalized spacial score (nSPS) is 22.9. The number of hydrogen-bond acceptors (Lipinski definition) is 4. The van der Waals surface area contributed by atoms with Gasteiger partial charge < -0.3 is 14.7 Å². The van der Waals surface area contributed by atoms with Gasteiger partial charge in [-0.25, -0.2) is 4.39 Å². The minimum atomic E-state index is -0.813. The van der Waals surface area contributed by atoms with E-state index in [9.17, 15) is 19.1 Å². The van der Waals surface area contributed by atoms with Gasteiger partial charge in [0.2, 0.25) is 0 Å². The van der Waals surface area contributed by atoms with Crippen LogP contribution in [0.2, 0.25) is 0 Å². The molecule has 0 radical (unpaired) electrons. The Morgan fingerprint density at radius 1 is 1.15 bits per heavy atom. The summed E-state index contributed by atoms with van der Waals surface area (Å²) in [6.07, 6.45) is 1.53. The van der Waals surface area contributed by atoms with Gasteiger partial charge >= 0.3 is 0 Å². The Hall–Kier alpha value is -2.99. The van der Waals surface area contributed by atoms with E-state index in [1.807, 2.05) is 25.1 Å². The molecular formula is C27H30FNO4. The number of aliphatic hydroxyl groups excluding tert-OH is 1. The van der Waals surface area contributed by atoms with Crippen LogP contribution >= 0.6 is 0 Å². The fourth-order valence-electron chi connectivity index (χ4n) is 4.56. The first-order valence-corrected chi connectivity index (χ1v) is 11.3. The Labute approximate surface area is 193 Å². The SMILES string of the molecule is Cc1ccc(C(C)(C)C)cc1/C(O)=C1\C(=O)C(=O)N(CC2CCCO2)C1c1ccc(F)cc1. The number of carbonyl (C=O) groups is 2. The summed E-state index contributed by atoms with van der Waals surface area (Å²) < 4.78 is 19.4. The largest absolute Gasteiger partial charge is 0.507 e. The number of ether oxygens (including phenoxy) is 1. The summed E-state index contributed by atoms with van der Waals surface area (Å²) in [5.74, 6) is -2.03. The molecule has 0 aliphatic carbocycles. The van der Waals surface area contributed by atoms with E-state index in [4.69, 9.17) is 4.74 Å². The van der Waals surface area contributed by atoms with E-state index in [0.717, 1.165) is 24.0 Å². The number of likely N-dealkylation sites (tertiary alicyclic amines) is 1. The highest BCUT2D eigenvalue weighted by atomic mass is 19.1. The lowest BCUT2D eigenvalue weighted by molar-refractivity contribution is -0.140. The molecule has 2 aliphatic heterocycles. The van der Waals surface area contributed by atoms with E-state index in [1.54, 1.807) is 12.1 Å². The summed E-state index contributed by atoms with van der Waals surface area (Å²) in [6.45, 7) is 8.93. The number of hydrogen-bond donors (Lipinski definition) is 1. The van der Waals surface area contributed by atoms with Crippen molar-refractivity contribution in [3.63, 3.8) is 0 Å². The summed E-state index contributed by atoms with van der Waals surface area (Å²) in [6, 6.07) is 10.7. The van der Waals surface area contributed by atoms with Crippen LogP contribution in [-0.2, 0) is 19.7 Å². The molecule has 6 heteroatoms. The van der Waals surface area contributed by atoms with Gasteiger partial charge in [0, 0.05) is 18.7 Å². The number of rotatable bonds is 4. The summed E-state index contributed by atoms with van der Waals surface area (Å²) in [5, 5.41) is 11.4. The molecule has 33 heavy (non-hydrogen) atoms. The molecule has 5 nitrogen and oxygen atoms in total. The first kappa shape index (κ1) is 23.2. The molecule has 2 atom stereocenters. The number of ketones is 1. The summed E-state index contributed by atoms with van der Waals surface area (Å²) in [5.41, 5.74) is 2.75. The van der Waals surface area contributed by atoms with E-state index in [0.29, 0.717) is 17.7 Å². The van der Waals surface area contributed by atoms with Gasteiger partial charge in [-0.05, 0) is 60.1 Å². The molecule has 0 saturated carbocycles. The molecule has 1 N–H and O–H groups in total. The van der Waals surface area contributed by atoms with Crippen molar-refractivity contribution in [1.82, 2.24) is 4.90 Å². The highest BCUT2D eigenvalue weighted by Crippen LogP contribution is 2.41. The van der Waals surface area contributed by atoms with Crippen LogP contribution in [0.15, 0.2) is 48.0 Å². The van der Waals surface area contributed by atoms with Crippen LogP contribution in [0.1, 0.15) is 61.9 Å². The first-order chi connectivity index (χ1) is 15.6. The zero-order valence-corrected chi connectivity index (χ0v) is 19.5. The van der Waals surface area contributed by atoms with Crippen LogP contribution in [0, 0.1) is 12.7 Å². The van der Waals surface area contributed by atoms with Crippen molar-refractivity contribution in [3.05, 3.63) is 76.1 Å². The van der Waals surface area contributed by atoms with E-state index < -0.39 is 23.5 Å². The van der Waals surface area contributed by atoms with Crippen molar-refractivity contribution in [2.24, 2.45) is 0 Å². The molecule has 2 fully saturated rings. The number of nitrogens with zero attached hydrogens (tertiary/aromatic N) is 1. The maximum absolute atomic E-state index is 13.7. The fourth-order valence-corrected chi connectivity index (χ4v) is 4.56. The van der Waals surface area contributed by atoms with Crippen molar-refractivity contribution >= 4 is 17.4 Å². The van der Waals surface area contributed by atoms with Gasteiger partial charge in [0.1, 0.15) is 11.6 Å². The molecule has 0 spiro atoms. The molecule has 174 valence electrons. The summed E-state index contributed by atoms with van der Waals surface area (Å²) in [7, 11) is 0. The highest BCUT2D eigenvalue weighted by Gasteiger charge is 2.47. The number of aryl methyl sites for hydroxylation is 1. The van der Waals surface area contributed by atoms with E-state index in [2.05, 4.69) is 20.8 Å². The molecule has 2 aromatic carbocycles. The zero-order valence-electron chi connectivity index (χ0n) is 19.5. The molecule has 2 saturated heterocycles. The summed E-state index contributed by atoms with van der Waals surface area (Å²) in [4.78, 5) is 27.8. The van der Waals surface area contributed by atoms with Crippen molar-refractivity contribution in [2.45, 2.75) is 58.1 Å². The average Bonchev–Trinajstić information content (AvgIpc) is 3.36. The van der Waals surface area contributed by atoms with Gasteiger partial charge in [-0.1, -0.05) is 45.0 Å². The lowest BCUT2D eigenvalue weighted by atomic mass is 9.84. The smallest absolute Gasteiger partial charge is 0.295 e. The van der Waals surface area contributed by atoms with Crippen LogP contribution in [0.5, 0.6) is 0 Å². The predicted molar refractivity (Wildman–Crippen MR) is 124 cm³/mol. The Morgan fingerprint density at radius 3 is 2.45 bits per heavy atom. The number of halogens is 1. The van der Waals surface area contributed by atoms with Crippen molar-refractivity contribution in [3.8, 4) is 0 Å². The van der Waals surface area contributed by atoms with E-state index in [-0.39, 0.29) is 29.4 Å². The van der Waals surface area contributed by atoms with Crippen LogP contribution in [0.4, 0.5) is 4.39 Å². The minimum absolute atomic E-state index is 0.0266. The maximum atomic E-state index is 13.7. The third-order valence-electron chi connectivity index (χ3n) is 6.51. The maximum Gasteiger partial charge on any atom is 0.295 e. The monoisotopic (exact) mass is 451 g/mol. The fraction of sp³-hybridized carbons (Fsp3) is 0.407. The number of aliphatic hydroxyl groups is 1. The van der Waals surface area contributed by atoms with Crippen molar-refractivity contribution in [2.75, 3.05) is 13.2 Å². The second-order valence-corrected chi connectivity index (χ2v) is 9.92. The van der Waals surface area contributed by atoms with Crippen LogP contribution in [0.3, 0.4) is 0 Å². The third-order valence-corrected chi connectivity index (χ3v) is 6.51. The topological polar surface area (TPSA) is 66.8 Å². The van der Waals surface area contributed by atoms with Gasteiger partial charge in [-0.3, -0.25) is 9.59 Å². The molecule has 0 aromatic heterocycles. The van der Waals surface area contributed by atoms with E-state index >= 15 is 0 Å². The number of amides is 1. The highest BCUT2D eigenvalue weighted by molar-refractivity contribution is 6.46. The van der Waals surface area contributed by atoms with Crippen LogP contribution in [0.25, 0.3) is 5.76 Å². The van der Waals surface area contributed by atoms with Crippen LogP contribution < -0.4 is 0 Å². The zero-order chi connectivity index (χ0) is 23.9. The van der Waals surface area contributed by atoms with Gasteiger partial charge in [-0.15, -0.1) is 0 Å². The predicted octanol–water partition coefficient (Wildman–Crippen LogP) is 5.03. The Bertz CT molecular complexity index is 1110. The lowest BCUT2D eigenvalue weighted by Gasteiger charge is -2.27. The quantitative estimate of drug-likeness (QED) is 0.402. The second-order valence-electron chi connectivity index (χ2n) is 9.92. The average molecular weight is 452 g/mol. The van der Waals surface area contributed by atoms with Gasteiger partial charge in [0.05, 0.1) is 17.7 Å². The lowest BCUT2D eigenvalue weighted by Crippen LogP contribution is -2.36. The standard InChI is InChI=1S/C27H30FNO4/c1-16-7-10-18(27(2,3)4)14-21(16)24(30)22-23(17-8-11-19(28)12-9-17)29(26(32)25(22)31)15-20-6-5-13-33-20/h7-12,14,20,23,30H,5-6,13,15H2,1-4H3/b24-22+. The minimum Gasteiger partial charge on any atom is -0.507 e. The van der Waals surface area contributed by atoms with Gasteiger partial charge in [0.15, 0.2) is 0 Å². The first-order valence-electron chi connectivity index (χ1n) is 11.3. The number of benzene rings is 2. The Kier molecular flexibility index (Phi) is 6.14. The molecule has 2 aromatic rings. The van der Waals surface area contributed by atoms with Crippen molar-refractivity contribution < 1.29 is 23.8 Å². The molecule has 0 bridgehead atoms. The van der Waals surface area contributed by atoms with Crippen LogP contribution in [-0.4, -0.2) is 41.0 Å². The third kappa shape index (κ3) is 4.44. The molecule has 4 rings (SSSR count). The Balaban J connectivity index is 1.87. The second kappa shape index (κ2) is 8.75. The van der Waals surface area contributed by atoms with Gasteiger partial charge in [-0.2, -0.15) is 0 Å². The van der Waals surface area contributed by atoms with Crippen molar-refractivity contribution in [1.29, 1.82) is 0 Å². The molecular weight excluding hydrogens is 421 g/mol. The van der Waals surface area contributed by atoms with Gasteiger partial charge in [0.25, 0.3) is 11.7 Å². The summed E-state index contributed by atoms with van der Waals surface area (Å²) >= 11 is 0. The number of Topliss-reactive ketones (excluding diaryl/α,β-unsaturated/α-hetero) is 1. The molecule has 1 amide bonds. The number of carbonyl (C=O) groups excluding carboxylic acids is 2. The Morgan fingerprint density at radius 2 is 1.85 bits per heavy atom.